The maximum Gasteiger partial charge on any atom is 1.00 e. The third kappa shape index (κ3) is 9.62. The Balaban J connectivity index is 0.00000820. The standard InChI is InChI=1S/C50H16F16O7S.Na/c1-3-18-7-5-9-20(15-18)70-47-39(59)31(51)27(32(52)40(47)60)29-35(55)43(63)49(44(64)36(29)56)72-25-13-14-26(24-17-22(74(67,68)69)11-12-23(24)25)73-50-45(65)37(57)30(38(58)46(50)66)28-33(53)41(61)48(42(62)34(28)54)71-21-10-6-8-19(4-2)16-21;/h1-2,5-17H,(H,67,68,69);/q;+1/p-1. The fourth-order valence-corrected chi connectivity index (χ4v) is 7.54. The molecule has 0 aromatic heterocycles. The van der Waals surface area contributed by atoms with E-state index in [1.165, 1.54) is 24.3 Å². The Hall–Kier alpha value is -7.87. The molecular weight excluding hydrogens is 1070 g/mol. The minimum Gasteiger partial charge on any atom is -0.744 e. The predicted octanol–water partition coefficient (Wildman–Crippen LogP) is 11.4. The van der Waals surface area contributed by atoms with E-state index in [-0.39, 0.29) is 46.8 Å². The number of hydrogen-bond acceptors (Lipinski definition) is 7. The van der Waals surface area contributed by atoms with E-state index in [4.69, 9.17) is 31.8 Å². The molecule has 0 bridgehead atoms. The van der Waals surface area contributed by atoms with E-state index >= 15 is 70.2 Å². The van der Waals surface area contributed by atoms with Gasteiger partial charge in [-0.3, -0.25) is 0 Å². The largest absolute Gasteiger partial charge is 1.00 e. The molecule has 0 spiro atoms. The molecule has 8 aromatic carbocycles. The third-order valence-electron chi connectivity index (χ3n) is 10.5. The summed E-state index contributed by atoms with van der Waals surface area (Å²) in [6.07, 6.45) is 10.4. The van der Waals surface area contributed by atoms with Crippen LogP contribution in [0.3, 0.4) is 0 Å². The Morgan fingerprint density at radius 2 is 0.667 bits per heavy atom. The molecule has 0 amide bonds. The maximum atomic E-state index is 15.8. The van der Waals surface area contributed by atoms with Crippen LogP contribution in [0.15, 0.2) is 83.8 Å². The normalized spacial score (nSPS) is 11.2. The molecule has 0 fully saturated rings. The van der Waals surface area contributed by atoms with E-state index in [9.17, 15) is 13.0 Å². The second kappa shape index (κ2) is 20.8. The fraction of sp³-hybridized carbons (Fsp3) is 0. The fourth-order valence-electron chi connectivity index (χ4n) is 7.04. The second-order valence-electron chi connectivity index (χ2n) is 14.8. The van der Waals surface area contributed by atoms with Gasteiger partial charge in [0.05, 0.1) is 27.1 Å². The van der Waals surface area contributed by atoms with Crippen LogP contribution in [-0.2, 0) is 10.1 Å². The molecule has 0 saturated carbocycles. The van der Waals surface area contributed by atoms with Crippen LogP contribution in [0.25, 0.3) is 33.0 Å². The third-order valence-corrected chi connectivity index (χ3v) is 11.3. The van der Waals surface area contributed by atoms with Crippen LogP contribution in [0.2, 0.25) is 0 Å². The first kappa shape index (κ1) is 54.9. The van der Waals surface area contributed by atoms with E-state index in [0.717, 1.165) is 24.3 Å². The molecule has 25 heteroatoms. The molecule has 0 unspecified atom stereocenters. The van der Waals surface area contributed by atoms with Crippen molar-refractivity contribution in [1.82, 2.24) is 0 Å². The number of halogens is 16. The number of benzene rings is 8. The molecule has 0 N–H and O–H groups in total. The van der Waals surface area contributed by atoms with E-state index in [1.54, 1.807) is 0 Å². The van der Waals surface area contributed by atoms with E-state index < -0.39 is 187 Å². The molecule has 8 aromatic rings. The Labute approximate surface area is 431 Å². The first-order valence-corrected chi connectivity index (χ1v) is 21.1. The van der Waals surface area contributed by atoms with Gasteiger partial charge >= 0.3 is 29.6 Å². The molecule has 0 radical (unpaired) electrons. The van der Waals surface area contributed by atoms with Gasteiger partial charge in [0.15, 0.2) is 46.5 Å². The van der Waals surface area contributed by atoms with Crippen LogP contribution < -0.4 is 48.5 Å². The summed E-state index contributed by atoms with van der Waals surface area (Å²) in [7, 11) is -5.56. The summed E-state index contributed by atoms with van der Waals surface area (Å²) in [5.74, 6) is -49.5. The molecule has 0 aliphatic heterocycles. The van der Waals surface area contributed by atoms with Crippen molar-refractivity contribution in [3.63, 3.8) is 0 Å². The Morgan fingerprint density at radius 1 is 0.373 bits per heavy atom. The molecular formula is C50H15F16NaO7S. The predicted molar refractivity (Wildman–Crippen MR) is 224 cm³/mol. The van der Waals surface area contributed by atoms with Crippen LogP contribution in [0.4, 0.5) is 70.2 Å². The van der Waals surface area contributed by atoms with Crippen molar-refractivity contribution in [1.29, 1.82) is 0 Å². The van der Waals surface area contributed by atoms with E-state index in [0.29, 0.717) is 24.3 Å². The quantitative estimate of drug-likeness (QED) is 0.0419. The van der Waals surface area contributed by atoms with Gasteiger partial charge < -0.3 is 23.5 Å². The zero-order valence-corrected chi connectivity index (χ0v) is 39.3. The van der Waals surface area contributed by atoms with Crippen molar-refractivity contribution >= 4 is 20.9 Å². The first-order valence-electron chi connectivity index (χ1n) is 19.7. The molecule has 376 valence electrons. The van der Waals surface area contributed by atoms with Gasteiger partial charge in [-0.1, -0.05) is 24.0 Å². The van der Waals surface area contributed by atoms with Gasteiger partial charge in [-0.15, -0.1) is 12.8 Å². The molecule has 75 heavy (non-hydrogen) atoms. The van der Waals surface area contributed by atoms with Gasteiger partial charge in [0.25, 0.3) is 0 Å². The number of hydrogen-bond donors (Lipinski definition) is 0. The number of fused-ring (bicyclic) bond motifs is 1. The summed E-state index contributed by atoms with van der Waals surface area (Å²) in [6, 6.07) is 11.1. The molecule has 8 rings (SSSR count). The summed E-state index contributed by atoms with van der Waals surface area (Å²) in [5.41, 5.74) is -9.40. The summed E-state index contributed by atoms with van der Waals surface area (Å²) < 4.78 is 304. The summed E-state index contributed by atoms with van der Waals surface area (Å²) in [6.45, 7) is 0. The Bertz CT molecular complexity index is 3840. The van der Waals surface area contributed by atoms with Crippen molar-refractivity contribution in [2.45, 2.75) is 4.90 Å². The molecule has 0 atom stereocenters. The number of terminal acetylenes is 2. The minimum atomic E-state index is -5.56. The van der Waals surface area contributed by atoms with Crippen LogP contribution in [0, 0.1) is 118 Å². The monoisotopic (exact) mass is 1090 g/mol. The zero-order chi connectivity index (χ0) is 54.0. The smallest absolute Gasteiger partial charge is 0.744 e. The number of rotatable bonds is 11. The van der Waals surface area contributed by atoms with E-state index in [1.807, 2.05) is 0 Å². The van der Waals surface area contributed by atoms with Gasteiger partial charge in [-0.2, -0.15) is 35.1 Å². The molecule has 0 heterocycles. The Kier molecular flexibility index (Phi) is 15.2. The molecule has 7 nitrogen and oxygen atoms in total. The van der Waals surface area contributed by atoms with Crippen molar-refractivity contribution < 1.29 is 132 Å². The maximum absolute atomic E-state index is 15.8. The summed E-state index contributed by atoms with van der Waals surface area (Å²) in [4.78, 5) is -1.26. The van der Waals surface area contributed by atoms with Crippen molar-refractivity contribution in [2.24, 2.45) is 0 Å². The second-order valence-corrected chi connectivity index (χ2v) is 16.2. The van der Waals surface area contributed by atoms with Gasteiger partial charge in [-0.25, -0.2) is 43.5 Å². The van der Waals surface area contributed by atoms with Crippen molar-refractivity contribution in [3.8, 4) is 92.9 Å². The first-order chi connectivity index (χ1) is 34.9. The Morgan fingerprint density at radius 3 is 0.960 bits per heavy atom. The van der Waals surface area contributed by atoms with Crippen molar-refractivity contribution in [2.75, 3.05) is 0 Å². The van der Waals surface area contributed by atoms with Crippen LogP contribution in [0.5, 0.6) is 46.0 Å². The summed E-state index contributed by atoms with van der Waals surface area (Å²) >= 11 is 0. The molecule has 0 aliphatic rings. The number of ether oxygens (including phenoxy) is 4. The van der Waals surface area contributed by atoms with Gasteiger partial charge in [0.1, 0.15) is 33.1 Å². The topological polar surface area (TPSA) is 94.1 Å². The van der Waals surface area contributed by atoms with Gasteiger partial charge in [0.2, 0.25) is 69.5 Å². The van der Waals surface area contributed by atoms with Gasteiger partial charge in [-0.05, 0) is 66.7 Å². The molecule has 0 aliphatic carbocycles. The minimum absolute atomic E-state index is 0. The van der Waals surface area contributed by atoms with Crippen LogP contribution in [0.1, 0.15) is 11.1 Å². The zero-order valence-electron chi connectivity index (χ0n) is 36.5. The van der Waals surface area contributed by atoms with Gasteiger partial charge in [0, 0.05) is 21.9 Å². The summed E-state index contributed by atoms with van der Waals surface area (Å²) in [5, 5.41) is -1.82. The SMILES string of the molecule is C#Cc1cccc(Oc2c(F)c(F)c(-c3c(F)c(F)c(Oc4ccc(Oc5c(F)c(F)c(-c6c(F)c(F)c(Oc7cccc(C#C)c7)c(F)c6F)c(F)c5F)c5cc(S(=O)(=O)[O-])ccc45)c(F)c3F)c(F)c2F)c1.[Na+]. The molecule has 0 saturated heterocycles. The average molecular weight is 1090 g/mol. The van der Waals surface area contributed by atoms with Crippen molar-refractivity contribution in [3.05, 3.63) is 183 Å². The average Bonchev–Trinajstić information content (AvgIpc) is 3.38. The van der Waals surface area contributed by atoms with Crippen LogP contribution in [-0.4, -0.2) is 13.0 Å². The van der Waals surface area contributed by atoms with E-state index in [2.05, 4.69) is 11.8 Å². The van der Waals surface area contributed by atoms with Crippen LogP contribution >= 0.6 is 0 Å².